The lowest BCUT2D eigenvalue weighted by Gasteiger charge is -2.20. The molecule has 172 valence electrons. The van der Waals surface area contributed by atoms with E-state index in [-0.39, 0.29) is 0 Å². The first-order valence-electron chi connectivity index (χ1n) is 12.5. The Labute approximate surface area is 211 Å². The molecule has 0 saturated carbocycles. The van der Waals surface area contributed by atoms with Crippen molar-refractivity contribution >= 4 is 44.1 Å². The van der Waals surface area contributed by atoms with Crippen LogP contribution < -0.4 is 0 Å². The van der Waals surface area contributed by atoms with E-state index in [4.69, 9.17) is 5.41 Å². The number of hydrogen-bond donors (Lipinski definition) is 1. The van der Waals surface area contributed by atoms with E-state index >= 15 is 0 Å². The van der Waals surface area contributed by atoms with E-state index in [1.165, 1.54) is 71.9 Å². The third kappa shape index (κ3) is 3.52. The molecule has 0 heterocycles. The summed E-state index contributed by atoms with van der Waals surface area (Å²) in [6.45, 7) is 2.15. The number of allylic oxidation sites excluding steroid dienone is 2. The van der Waals surface area contributed by atoms with Gasteiger partial charge in [-0.3, -0.25) is 0 Å². The molecule has 0 aliphatic heterocycles. The average Bonchev–Trinajstić information content (AvgIpc) is 2.95. The number of nitrogens with one attached hydrogen (secondary N) is 1. The standard InChI is InChI=1S/C35H27N/c1-2-24(22-23-36)26-20-21-33(28-15-7-6-14-27(26)28)35-31-18-10-8-16-29(31)34(25-12-4-3-5-13-25)30-17-9-11-19-32(30)35/h3-23,36H,2H2,1H3/b24-22+,36-23?. The Morgan fingerprint density at radius 2 is 1.06 bits per heavy atom. The predicted octanol–water partition coefficient (Wildman–Crippen LogP) is 9.92. The fourth-order valence-corrected chi connectivity index (χ4v) is 5.63. The van der Waals surface area contributed by atoms with Gasteiger partial charge in [-0.15, -0.1) is 0 Å². The second-order valence-corrected chi connectivity index (χ2v) is 9.13. The van der Waals surface area contributed by atoms with Crippen LogP contribution in [0.1, 0.15) is 18.9 Å². The van der Waals surface area contributed by atoms with Crippen molar-refractivity contribution in [2.45, 2.75) is 13.3 Å². The van der Waals surface area contributed by atoms with Crippen LogP contribution in [0.2, 0.25) is 0 Å². The smallest absolute Gasteiger partial charge is 0.0180 e. The number of hydrogen-bond acceptors (Lipinski definition) is 1. The first-order valence-corrected chi connectivity index (χ1v) is 12.5. The fourth-order valence-electron chi connectivity index (χ4n) is 5.63. The molecular formula is C35H27N. The van der Waals surface area contributed by atoms with Crippen molar-refractivity contribution in [2.75, 3.05) is 0 Å². The van der Waals surface area contributed by atoms with Crippen molar-refractivity contribution in [3.05, 3.63) is 127 Å². The highest BCUT2D eigenvalue weighted by Crippen LogP contribution is 2.45. The maximum absolute atomic E-state index is 7.64. The maximum atomic E-state index is 7.64. The molecule has 0 bridgehead atoms. The molecular weight excluding hydrogens is 434 g/mol. The molecule has 1 nitrogen and oxygen atoms in total. The minimum absolute atomic E-state index is 0.885. The topological polar surface area (TPSA) is 23.9 Å². The van der Waals surface area contributed by atoms with Gasteiger partial charge in [0.15, 0.2) is 0 Å². The maximum Gasteiger partial charge on any atom is 0.0180 e. The summed E-state index contributed by atoms with van der Waals surface area (Å²) in [6, 6.07) is 41.6. The zero-order chi connectivity index (χ0) is 24.5. The van der Waals surface area contributed by atoms with Gasteiger partial charge in [-0.25, -0.2) is 0 Å². The normalized spacial score (nSPS) is 11.9. The zero-order valence-corrected chi connectivity index (χ0v) is 20.3. The third-order valence-electron chi connectivity index (χ3n) is 7.20. The summed E-state index contributed by atoms with van der Waals surface area (Å²) < 4.78 is 0. The highest BCUT2D eigenvalue weighted by Gasteiger charge is 2.18. The number of benzene rings is 6. The summed E-state index contributed by atoms with van der Waals surface area (Å²) in [6.07, 6.45) is 4.20. The van der Waals surface area contributed by atoms with Crippen LogP contribution in [-0.4, -0.2) is 6.21 Å². The summed E-state index contributed by atoms with van der Waals surface area (Å²) in [5.41, 5.74) is 7.43. The lowest BCUT2D eigenvalue weighted by molar-refractivity contribution is 1.25. The molecule has 6 rings (SSSR count). The largest absolute Gasteiger partial charge is 0.309 e. The van der Waals surface area contributed by atoms with Gasteiger partial charge >= 0.3 is 0 Å². The first-order chi connectivity index (χ1) is 17.8. The molecule has 6 aromatic carbocycles. The minimum atomic E-state index is 0.885. The molecule has 0 fully saturated rings. The Hall–Kier alpha value is -4.49. The lowest BCUT2D eigenvalue weighted by atomic mass is 9.83. The predicted molar refractivity (Wildman–Crippen MR) is 157 cm³/mol. The van der Waals surface area contributed by atoms with Crippen LogP contribution in [0.3, 0.4) is 0 Å². The molecule has 6 aromatic rings. The van der Waals surface area contributed by atoms with Gasteiger partial charge in [0.1, 0.15) is 0 Å². The van der Waals surface area contributed by atoms with Crippen LogP contribution in [0.15, 0.2) is 121 Å². The van der Waals surface area contributed by atoms with E-state index in [2.05, 4.69) is 122 Å². The quantitative estimate of drug-likeness (QED) is 0.195. The van der Waals surface area contributed by atoms with Crippen LogP contribution >= 0.6 is 0 Å². The van der Waals surface area contributed by atoms with Crippen LogP contribution in [0.5, 0.6) is 0 Å². The summed E-state index contributed by atoms with van der Waals surface area (Å²) in [5.74, 6) is 0. The van der Waals surface area contributed by atoms with E-state index < -0.39 is 0 Å². The fraction of sp³-hybridized carbons (Fsp3) is 0.0571. The monoisotopic (exact) mass is 461 g/mol. The van der Waals surface area contributed by atoms with E-state index in [0.717, 1.165) is 6.42 Å². The van der Waals surface area contributed by atoms with Crippen molar-refractivity contribution in [3.63, 3.8) is 0 Å². The lowest BCUT2D eigenvalue weighted by Crippen LogP contribution is -1.93. The zero-order valence-electron chi connectivity index (χ0n) is 20.3. The minimum Gasteiger partial charge on any atom is -0.309 e. The molecule has 0 atom stereocenters. The van der Waals surface area contributed by atoms with E-state index in [0.29, 0.717) is 0 Å². The molecule has 0 aliphatic carbocycles. The second kappa shape index (κ2) is 9.28. The van der Waals surface area contributed by atoms with Crippen LogP contribution in [0.4, 0.5) is 0 Å². The van der Waals surface area contributed by atoms with Gasteiger partial charge < -0.3 is 5.41 Å². The van der Waals surface area contributed by atoms with Gasteiger partial charge in [0.25, 0.3) is 0 Å². The van der Waals surface area contributed by atoms with Gasteiger partial charge in [0.05, 0.1) is 0 Å². The van der Waals surface area contributed by atoms with Gasteiger partial charge in [0, 0.05) is 6.21 Å². The van der Waals surface area contributed by atoms with E-state index in [1.54, 1.807) is 0 Å². The Morgan fingerprint density at radius 3 is 1.61 bits per heavy atom. The molecule has 1 N–H and O–H groups in total. The van der Waals surface area contributed by atoms with Crippen LogP contribution in [-0.2, 0) is 0 Å². The summed E-state index contributed by atoms with van der Waals surface area (Å²) >= 11 is 0. The third-order valence-corrected chi connectivity index (χ3v) is 7.20. The molecule has 0 aliphatic rings. The van der Waals surface area contributed by atoms with Crippen molar-refractivity contribution in [1.82, 2.24) is 0 Å². The van der Waals surface area contributed by atoms with Gasteiger partial charge in [0.2, 0.25) is 0 Å². The Kier molecular flexibility index (Phi) is 5.67. The molecule has 0 spiro atoms. The highest BCUT2D eigenvalue weighted by atomic mass is 14.3. The summed E-state index contributed by atoms with van der Waals surface area (Å²) in [5, 5.41) is 15.2. The molecule has 1 heteroatoms. The molecule has 0 amide bonds. The number of fused-ring (bicyclic) bond motifs is 3. The molecule has 0 radical (unpaired) electrons. The van der Waals surface area contributed by atoms with Gasteiger partial charge in [-0.05, 0) is 78.2 Å². The van der Waals surface area contributed by atoms with E-state index in [9.17, 15) is 0 Å². The Bertz CT molecular complexity index is 1720. The van der Waals surface area contributed by atoms with Crippen LogP contribution in [0, 0.1) is 5.41 Å². The van der Waals surface area contributed by atoms with Crippen molar-refractivity contribution in [2.24, 2.45) is 0 Å². The Morgan fingerprint density at radius 1 is 0.556 bits per heavy atom. The molecule has 0 saturated heterocycles. The Balaban J connectivity index is 1.77. The van der Waals surface area contributed by atoms with E-state index in [1.807, 2.05) is 6.08 Å². The summed E-state index contributed by atoms with van der Waals surface area (Å²) in [4.78, 5) is 0. The first kappa shape index (κ1) is 22.0. The van der Waals surface area contributed by atoms with Crippen molar-refractivity contribution in [3.8, 4) is 22.3 Å². The highest BCUT2D eigenvalue weighted by molar-refractivity contribution is 6.23. The van der Waals surface area contributed by atoms with Crippen molar-refractivity contribution in [1.29, 1.82) is 5.41 Å². The van der Waals surface area contributed by atoms with Crippen molar-refractivity contribution < 1.29 is 0 Å². The van der Waals surface area contributed by atoms with Crippen LogP contribution in [0.25, 0.3) is 60.1 Å². The van der Waals surface area contributed by atoms with Gasteiger partial charge in [-0.2, -0.15) is 0 Å². The molecule has 0 unspecified atom stereocenters. The summed E-state index contributed by atoms with van der Waals surface area (Å²) in [7, 11) is 0. The number of rotatable bonds is 5. The second-order valence-electron chi connectivity index (χ2n) is 9.13. The molecule has 36 heavy (non-hydrogen) atoms. The SMILES string of the molecule is CC/C(=C\C=N)c1ccc(-c2c3ccccc3c(-c3ccccc3)c3ccccc23)c2ccccc12. The van der Waals surface area contributed by atoms with Gasteiger partial charge in [-0.1, -0.05) is 122 Å². The molecule has 0 aromatic heterocycles. The average molecular weight is 462 g/mol.